The highest BCUT2D eigenvalue weighted by Crippen LogP contribution is 2.37. The zero-order valence-electron chi connectivity index (χ0n) is 14.8. The van der Waals surface area contributed by atoms with E-state index in [1.807, 2.05) is 5.32 Å². The fraction of sp³-hybridized carbons (Fsp3) is 0.562. The lowest BCUT2D eigenvalue weighted by atomic mass is 9.90. The molecule has 0 aliphatic heterocycles. The maximum atomic E-state index is 13.5. The molecule has 0 saturated carbocycles. The Morgan fingerprint density at radius 3 is 2.22 bits per heavy atom. The summed E-state index contributed by atoms with van der Waals surface area (Å²) in [5.41, 5.74) is -5.64. The highest BCUT2D eigenvalue weighted by atomic mass is 19.4. The molecule has 1 aromatic heterocycles. The van der Waals surface area contributed by atoms with E-state index in [0.717, 1.165) is 7.11 Å². The molecule has 0 aliphatic carbocycles. The van der Waals surface area contributed by atoms with E-state index in [0.29, 0.717) is 0 Å². The highest BCUT2D eigenvalue weighted by Gasteiger charge is 2.42. The first-order valence-electron chi connectivity index (χ1n) is 7.85. The number of aliphatic hydroxyl groups excluding tert-OH is 1. The molecule has 2 N–H and O–H groups in total. The van der Waals surface area contributed by atoms with Gasteiger partial charge in [0.25, 0.3) is 12.3 Å². The van der Waals surface area contributed by atoms with E-state index < -0.39 is 59.2 Å². The van der Waals surface area contributed by atoms with E-state index in [1.165, 1.54) is 0 Å². The van der Waals surface area contributed by atoms with E-state index >= 15 is 0 Å². The maximum absolute atomic E-state index is 13.5. The number of methoxy groups -OCH3 is 1. The molecule has 11 heteroatoms. The molecule has 0 saturated heterocycles. The van der Waals surface area contributed by atoms with Crippen LogP contribution >= 0.6 is 0 Å². The van der Waals surface area contributed by atoms with Gasteiger partial charge in [0.2, 0.25) is 0 Å². The number of aliphatic hydroxyl groups is 1. The van der Waals surface area contributed by atoms with Crippen molar-refractivity contribution in [1.29, 1.82) is 0 Å². The van der Waals surface area contributed by atoms with Crippen molar-refractivity contribution in [3.8, 4) is 0 Å². The number of nitrogens with one attached hydrogen (secondary N) is 1. The van der Waals surface area contributed by atoms with Gasteiger partial charge in [0.05, 0.1) is 24.8 Å². The van der Waals surface area contributed by atoms with Crippen molar-refractivity contribution in [3.05, 3.63) is 28.1 Å². The number of carbonyl (C=O) groups is 2. The van der Waals surface area contributed by atoms with Crippen LogP contribution in [-0.2, 0) is 17.3 Å². The monoisotopic (exact) mass is 398 g/mol. The fourth-order valence-electron chi connectivity index (χ4n) is 2.46. The van der Waals surface area contributed by atoms with Crippen molar-refractivity contribution in [2.24, 2.45) is 5.92 Å². The number of aromatic nitrogens is 1. The quantitative estimate of drug-likeness (QED) is 0.545. The molecule has 1 aromatic rings. The molecule has 27 heavy (non-hydrogen) atoms. The van der Waals surface area contributed by atoms with E-state index in [1.54, 1.807) is 13.8 Å². The third-order valence-electron chi connectivity index (χ3n) is 3.43. The predicted octanol–water partition coefficient (Wildman–Crippen LogP) is 2.75. The summed E-state index contributed by atoms with van der Waals surface area (Å²) < 4.78 is 71.5. The van der Waals surface area contributed by atoms with Gasteiger partial charge >= 0.3 is 12.1 Å². The Bertz CT molecular complexity index is 705. The summed E-state index contributed by atoms with van der Waals surface area (Å²) in [6.45, 7) is 2.22. The lowest BCUT2D eigenvalue weighted by Crippen LogP contribution is -2.32. The number of carbonyl (C=O) groups excluding carboxylic acids is 2. The SMILES string of the molecule is COC(=O)c1c(C(F)F)nc(C(F)(F)F)c(C(=O)NCCO)c1CC(C)C. The van der Waals surface area contributed by atoms with E-state index in [-0.39, 0.29) is 18.9 Å². The molecule has 0 radical (unpaired) electrons. The van der Waals surface area contributed by atoms with Crippen LogP contribution in [0.15, 0.2) is 0 Å². The van der Waals surface area contributed by atoms with Crippen LogP contribution in [0.5, 0.6) is 0 Å². The van der Waals surface area contributed by atoms with Gasteiger partial charge in [-0.2, -0.15) is 13.2 Å². The van der Waals surface area contributed by atoms with Gasteiger partial charge in [-0.15, -0.1) is 0 Å². The molecule has 1 rings (SSSR count). The van der Waals surface area contributed by atoms with Crippen molar-refractivity contribution in [2.75, 3.05) is 20.3 Å². The number of amides is 1. The average molecular weight is 398 g/mol. The standard InChI is InChI=1S/C16H19F5N2O4/c1-7(2)6-8-9(15(26)27-3)11(13(17)18)23-12(16(19,20)21)10(8)14(25)22-4-5-24/h7,13,24H,4-6H2,1-3H3,(H,22,25). The van der Waals surface area contributed by atoms with Gasteiger partial charge < -0.3 is 15.2 Å². The lowest BCUT2D eigenvalue weighted by Gasteiger charge is -2.22. The molecule has 0 fully saturated rings. The molecule has 0 unspecified atom stereocenters. The van der Waals surface area contributed by atoms with Gasteiger partial charge in [-0.05, 0) is 17.9 Å². The van der Waals surface area contributed by atoms with Crippen molar-refractivity contribution < 1.29 is 41.4 Å². The van der Waals surface area contributed by atoms with Crippen molar-refractivity contribution >= 4 is 11.9 Å². The van der Waals surface area contributed by atoms with Gasteiger partial charge in [0.1, 0.15) is 5.69 Å². The Morgan fingerprint density at radius 1 is 1.22 bits per heavy atom. The van der Waals surface area contributed by atoms with Gasteiger partial charge in [-0.1, -0.05) is 13.8 Å². The largest absolute Gasteiger partial charge is 0.465 e. The number of halogens is 5. The second kappa shape index (κ2) is 9.07. The second-order valence-electron chi connectivity index (χ2n) is 5.94. The van der Waals surface area contributed by atoms with Crippen LogP contribution in [0, 0.1) is 5.92 Å². The highest BCUT2D eigenvalue weighted by molar-refractivity contribution is 6.02. The normalized spacial score (nSPS) is 11.8. The third-order valence-corrected chi connectivity index (χ3v) is 3.43. The molecular weight excluding hydrogens is 379 g/mol. The molecular formula is C16H19F5N2O4. The van der Waals surface area contributed by atoms with Gasteiger partial charge in [0, 0.05) is 6.54 Å². The Balaban J connectivity index is 3.97. The number of hydrogen-bond donors (Lipinski definition) is 2. The molecule has 6 nitrogen and oxygen atoms in total. The number of esters is 1. The molecule has 0 aromatic carbocycles. The summed E-state index contributed by atoms with van der Waals surface area (Å²) in [5.74, 6) is -2.99. The van der Waals surface area contributed by atoms with Crippen molar-refractivity contribution in [2.45, 2.75) is 32.9 Å². The first kappa shape index (κ1) is 22.7. The fourth-order valence-corrected chi connectivity index (χ4v) is 2.46. The first-order valence-corrected chi connectivity index (χ1v) is 7.85. The van der Waals surface area contributed by atoms with Crippen molar-refractivity contribution in [3.63, 3.8) is 0 Å². The zero-order valence-corrected chi connectivity index (χ0v) is 14.8. The average Bonchev–Trinajstić information content (AvgIpc) is 2.56. The van der Waals surface area contributed by atoms with Crippen LogP contribution in [-0.4, -0.2) is 42.2 Å². The minimum atomic E-state index is -5.23. The number of nitrogens with zero attached hydrogens (tertiary/aromatic N) is 1. The van der Waals surface area contributed by atoms with Crippen LogP contribution in [0.4, 0.5) is 22.0 Å². The minimum absolute atomic E-state index is 0.280. The second-order valence-corrected chi connectivity index (χ2v) is 5.94. The van der Waals surface area contributed by atoms with Crippen LogP contribution in [0.2, 0.25) is 0 Å². The molecule has 0 spiro atoms. The summed E-state index contributed by atoms with van der Waals surface area (Å²) in [6, 6.07) is 0. The summed E-state index contributed by atoms with van der Waals surface area (Å²) in [5, 5.41) is 10.8. The number of pyridine rings is 1. The topological polar surface area (TPSA) is 88.5 Å². The third kappa shape index (κ3) is 5.34. The molecule has 1 amide bonds. The Hall–Kier alpha value is -2.30. The van der Waals surface area contributed by atoms with Crippen LogP contribution in [0.3, 0.4) is 0 Å². The van der Waals surface area contributed by atoms with E-state index in [4.69, 9.17) is 5.11 Å². The summed E-state index contributed by atoms with van der Waals surface area (Å²) in [7, 11) is 0.875. The zero-order chi connectivity index (χ0) is 20.9. The summed E-state index contributed by atoms with van der Waals surface area (Å²) in [6.07, 6.45) is -9.01. The summed E-state index contributed by atoms with van der Waals surface area (Å²) >= 11 is 0. The Labute approximate surface area is 151 Å². The Morgan fingerprint density at radius 2 is 1.81 bits per heavy atom. The number of ether oxygens (including phenoxy) is 1. The van der Waals surface area contributed by atoms with E-state index in [9.17, 15) is 31.5 Å². The minimum Gasteiger partial charge on any atom is -0.465 e. The molecule has 0 atom stereocenters. The predicted molar refractivity (Wildman–Crippen MR) is 83.5 cm³/mol. The van der Waals surface area contributed by atoms with Gasteiger partial charge in [0.15, 0.2) is 5.69 Å². The molecule has 0 aliphatic rings. The van der Waals surface area contributed by atoms with Gasteiger partial charge in [-0.3, -0.25) is 4.79 Å². The first-order chi connectivity index (χ1) is 12.4. The number of alkyl halides is 5. The maximum Gasteiger partial charge on any atom is 0.434 e. The van der Waals surface area contributed by atoms with Gasteiger partial charge in [-0.25, -0.2) is 18.6 Å². The Kier molecular flexibility index (Phi) is 7.64. The number of hydrogen-bond acceptors (Lipinski definition) is 5. The number of rotatable bonds is 7. The molecule has 152 valence electrons. The summed E-state index contributed by atoms with van der Waals surface area (Å²) in [4.78, 5) is 27.3. The molecule has 1 heterocycles. The lowest BCUT2D eigenvalue weighted by molar-refractivity contribution is -0.141. The van der Waals surface area contributed by atoms with Crippen LogP contribution in [0.25, 0.3) is 0 Å². The van der Waals surface area contributed by atoms with Crippen molar-refractivity contribution in [1.82, 2.24) is 10.3 Å². The smallest absolute Gasteiger partial charge is 0.434 e. The van der Waals surface area contributed by atoms with Crippen LogP contribution in [0.1, 0.15) is 57.9 Å². The molecule has 0 bridgehead atoms. The van der Waals surface area contributed by atoms with E-state index in [2.05, 4.69) is 9.72 Å². The van der Waals surface area contributed by atoms with Crippen LogP contribution < -0.4 is 5.32 Å².